The van der Waals surface area contributed by atoms with Crippen molar-refractivity contribution in [1.82, 2.24) is 9.78 Å². The molecule has 1 N–H and O–H groups in total. The van der Waals surface area contributed by atoms with Gasteiger partial charge in [0.1, 0.15) is 5.82 Å². The summed E-state index contributed by atoms with van der Waals surface area (Å²) in [7, 11) is 0. The third kappa shape index (κ3) is 3.19. The van der Waals surface area contributed by atoms with Crippen LogP contribution in [0.1, 0.15) is 36.9 Å². The van der Waals surface area contributed by atoms with Crippen molar-refractivity contribution in [1.29, 1.82) is 0 Å². The van der Waals surface area contributed by atoms with Gasteiger partial charge in [0.25, 0.3) is 0 Å². The Morgan fingerprint density at radius 3 is 2.75 bits per heavy atom. The molecule has 0 aliphatic rings. The maximum atomic E-state index is 13.2. The molecule has 1 unspecified atom stereocenters. The molecule has 108 valence electrons. The van der Waals surface area contributed by atoms with Crippen LogP contribution in [0.25, 0.3) is 0 Å². The summed E-state index contributed by atoms with van der Waals surface area (Å²) in [5, 5.41) is 15.2. The first-order valence-electron chi connectivity index (χ1n) is 6.73. The fourth-order valence-electron chi connectivity index (χ4n) is 2.19. The summed E-state index contributed by atoms with van der Waals surface area (Å²) in [4.78, 5) is 0. The molecule has 3 nitrogen and oxygen atoms in total. The monoisotopic (exact) mass is 296 g/mol. The Hall–Kier alpha value is -1.39. The molecule has 1 atom stereocenters. The number of rotatable bonds is 5. The van der Waals surface area contributed by atoms with Gasteiger partial charge in [-0.05, 0) is 43.2 Å². The summed E-state index contributed by atoms with van der Waals surface area (Å²) in [5.74, 6) is -0.352. The van der Waals surface area contributed by atoms with Crippen LogP contribution in [-0.2, 0) is 19.4 Å². The largest absolute Gasteiger partial charge is 0.386 e. The zero-order chi connectivity index (χ0) is 14.7. The van der Waals surface area contributed by atoms with E-state index in [1.165, 1.54) is 18.2 Å². The molecule has 0 amide bonds. The summed E-state index contributed by atoms with van der Waals surface area (Å²) in [6.07, 6.45) is 0.334. The highest BCUT2D eigenvalue weighted by Gasteiger charge is 2.17. The third-order valence-corrected chi connectivity index (χ3v) is 3.65. The van der Waals surface area contributed by atoms with Crippen molar-refractivity contribution in [3.05, 3.63) is 52.1 Å². The molecular formula is C15H18ClFN2O. The Bertz CT molecular complexity index is 598. The number of aliphatic hydroxyl groups excluding tert-OH is 1. The number of benzene rings is 1. The minimum absolute atomic E-state index is 0.269. The van der Waals surface area contributed by atoms with Crippen LogP contribution in [0.4, 0.5) is 4.39 Å². The average molecular weight is 297 g/mol. The lowest BCUT2D eigenvalue weighted by Gasteiger charge is -2.13. The fourth-order valence-corrected chi connectivity index (χ4v) is 2.39. The summed E-state index contributed by atoms with van der Waals surface area (Å²) in [5.41, 5.74) is 2.27. The van der Waals surface area contributed by atoms with E-state index in [9.17, 15) is 9.50 Å². The second-order valence-electron chi connectivity index (χ2n) is 4.69. The van der Waals surface area contributed by atoms with Gasteiger partial charge in [0, 0.05) is 18.0 Å². The van der Waals surface area contributed by atoms with Crippen molar-refractivity contribution in [3.8, 4) is 0 Å². The number of hydrogen-bond donors (Lipinski definition) is 1. The molecule has 20 heavy (non-hydrogen) atoms. The van der Waals surface area contributed by atoms with E-state index in [2.05, 4.69) is 5.10 Å². The minimum Gasteiger partial charge on any atom is -0.386 e. The second-order valence-corrected chi connectivity index (χ2v) is 5.09. The Morgan fingerprint density at radius 1 is 1.35 bits per heavy atom. The van der Waals surface area contributed by atoms with Crippen LogP contribution in [0.2, 0.25) is 5.02 Å². The molecule has 1 aromatic heterocycles. The molecule has 0 saturated carbocycles. The Labute approximate surface area is 123 Å². The molecule has 0 aliphatic heterocycles. The smallest absolute Gasteiger partial charge is 0.123 e. The highest BCUT2D eigenvalue weighted by molar-refractivity contribution is 6.31. The van der Waals surface area contributed by atoms with Gasteiger partial charge in [-0.25, -0.2) is 4.39 Å². The van der Waals surface area contributed by atoms with E-state index >= 15 is 0 Å². The molecule has 0 spiro atoms. The molecule has 5 heteroatoms. The van der Waals surface area contributed by atoms with Gasteiger partial charge in [-0.15, -0.1) is 0 Å². The van der Waals surface area contributed by atoms with Crippen LogP contribution in [0.3, 0.4) is 0 Å². The van der Waals surface area contributed by atoms with E-state index in [-0.39, 0.29) is 12.2 Å². The molecule has 2 rings (SSSR count). The topological polar surface area (TPSA) is 38.0 Å². The lowest BCUT2D eigenvalue weighted by molar-refractivity contribution is 0.167. The maximum absolute atomic E-state index is 13.2. The molecule has 0 radical (unpaired) electrons. The Balaban J connectivity index is 2.25. The van der Waals surface area contributed by atoms with Gasteiger partial charge in [0.05, 0.1) is 17.5 Å². The highest BCUT2D eigenvalue weighted by atomic mass is 35.5. The maximum Gasteiger partial charge on any atom is 0.123 e. The number of hydrogen-bond acceptors (Lipinski definition) is 2. The molecule has 0 saturated heterocycles. The minimum atomic E-state index is -0.748. The van der Waals surface area contributed by atoms with Crippen molar-refractivity contribution < 1.29 is 9.50 Å². The van der Waals surface area contributed by atoms with E-state index in [4.69, 9.17) is 11.6 Å². The lowest BCUT2D eigenvalue weighted by atomic mass is 10.0. The average Bonchev–Trinajstić information content (AvgIpc) is 2.86. The predicted octanol–water partition coefficient (Wildman–Crippen LogP) is 3.53. The number of halogens is 2. The van der Waals surface area contributed by atoms with Crippen molar-refractivity contribution in [2.45, 2.75) is 39.3 Å². The summed E-state index contributed by atoms with van der Waals surface area (Å²) >= 11 is 6.03. The summed E-state index contributed by atoms with van der Waals surface area (Å²) in [6, 6.07) is 6.07. The van der Waals surface area contributed by atoms with E-state index < -0.39 is 6.10 Å². The van der Waals surface area contributed by atoms with E-state index in [1.807, 2.05) is 19.9 Å². The predicted molar refractivity (Wildman–Crippen MR) is 77.4 cm³/mol. The first-order valence-corrected chi connectivity index (χ1v) is 7.11. The van der Waals surface area contributed by atoms with Gasteiger partial charge in [-0.1, -0.05) is 18.5 Å². The standard InChI is InChI=1S/C15H18ClFN2O/c1-3-12-9-14(19(4-2)18-12)15(20)8-10-7-11(17)5-6-13(10)16/h5-7,9,15,20H,3-4,8H2,1-2H3. The third-order valence-electron chi connectivity index (χ3n) is 3.29. The second kappa shape index (κ2) is 6.37. The van der Waals surface area contributed by atoms with E-state index in [1.54, 1.807) is 4.68 Å². The zero-order valence-corrected chi connectivity index (χ0v) is 12.4. The summed E-state index contributed by atoms with van der Waals surface area (Å²) < 4.78 is 15.0. The molecule has 0 aliphatic carbocycles. The zero-order valence-electron chi connectivity index (χ0n) is 11.6. The number of aliphatic hydroxyl groups is 1. The van der Waals surface area contributed by atoms with Gasteiger partial charge in [0.15, 0.2) is 0 Å². The Kier molecular flexibility index (Phi) is 4.78. The van der Waals surface area contributed by atoms with Crippen LogP contribution < -0.4 is 0 Å². The van der Waals surface area contributed by atoms with Crippen LogP contribution in [0.5, 0.6) is 0 Å². The SMILES string of the molecule is CCc1cc(C(O)Cc2cc(F)ccc2Cl)n(CC)n1. The van der Waals surface area contributed by atoms with Crippen LogP contribution in [0.15, 0.2) is 24.3 Å². The normalized spacial score (nSPS) is 12.7. The first kappa shape index (κ1) is 15.0. The number of nitrogens with zero attached hydrogens (tertiary/aromatic N) is 2. The van der Waals surface area contributed by atoms with Crippen molar-refractivity contribution in [3.63, 3.8) is 0 Å². The highest BCUT2D eigenvalue weighted by Crippen LogP contribution is 2.25. The molecular weight excluding hydrogens is 279 g/mol. The lowest BCUT2D eigenvalue weighted by Crippen LogP contribution is -2.10. The van der Waals surface area contributed by atoms with Gasteiger partial charge >= 0.3 is 0 Å². The van der Waals surface area contributed by atoms with E-state index in [0.29, 0.717) is 17.1 Å². The van der Waals surface area contributed by atoms with E-state index in [0.717, 1.165) is 17.8 Å². The van der Waals surface area contributed by atoms with Crippen LogP contribution in [0, 0.1) is 5.82 Å². The van der Waals surface area contributed by atoms with Gasteiger partial charge < -0.3 is 5.11 Å². The quantitative estimate of drug-likeness (QED) is 0.916. The van der Waals surface area contributed by atoms with Crippen molar-refractivity contribution >= 4 is 11.6 Å². The van der Waals surface area contributed by atoms with Gasteiger partial charge in [0.2, 0.25) is 0 Å². The number of aromatic nitrogens is 2. The van der Waals surface area contributed by atoms with Crippen molar-refractivity contribution in [2.24, 2.45) is 0 Å². The summed E-state index contributed by atoms with van der Waals surface area (Å²) in [6.45, 7) is 4.67. The molecule has 0 fully saturated rings. The van der Waals surface area contributed by atoms with Crippen molar-refractivity contribution in [2.75, 3.05) is 0 Å². The van der Waals surface area contributed by atoms with Gasteiger partial charge in [-0.2, -0.15) is 5.10 Å². The number of aryl methyl sites for hydroxylation is 2. The molecule has 1 aromatic carbocycles. The molecule has 0 bridgehead atoms. The van der Waals surface area contributed by atoms with Crippen LogP contribution in [-0.4, -0.2) is 14.9 Å². The Morgan fingerprint density at radius 2 is 2.10 bits per heavy atom. The molecule has 2 aromatic rings. The van der Waals surface area contributed by atoms with Gasteiger partial charge in [-0.3, -0.25) is 4.68 Å². The van der Waals surface area contributed by atoms with Crippen LogP contribution >= 0.6 is 11.6 Å². The first-order chi connectivity index (χ1) is 9.55. The fraction of sp³-hybridized carbons (Fsp3) is 0.400. The molecule has 1 heterocycles.